The maximum Gasteiger partial charge on any atom is 0.219 e. The van der Waals surface area contributed by atoms with Crippen LogP contribution in [0, 0.1) is 0 Å². The third kappa shape index (κ3) is 2.81. The smallest absolute Gasteiger partial charge is 0.219 e. The van der Waals surface area contributed by atoms with Crippen LogP contribution < -0.4 is 5.73 Å². The molecule has 1 saturated heterocycles. The molecule has 0 bridgehead atoms. The lowest BCUT2D eigenvalue weighted by Crippen LogP contribution is -2.59. The molecular weight excluding hydrogens is 248 g/mol. The molecule has 0 saturated carbocycles. The van der Waals surface area contributed by atoms with Crippen molar-refractivity contribution in [2.45, 2.75) is 32.9 Å². The highest BCUT2D eigenvalue weighted by Crippen LogP contribution is 2.25. The van der Waals surface area contributed by atoms with E-state index in [1.54, 1.807) is 6.92 Å². The molecule has 6 heteroatoms. The summed E-state index contributed by atoms with van der Waals surface area (Å²) in [6.45, 7) is 9.30. The summed E-state index contributed by atoms with van der Waals surface area (Å²) >= 11 is 1.53. The van der Waals surface area contributed by atoms with Gasteiger partial charge < -0.3 is 10.6 Å². The maximum absolute atomic E-state index is 11.4. The molecule has 0 atom stereocenters. The number of rotatable bonds is 2. The number of amides is 1. The first kappa shape index (κ1) is 13.3. The number of anilines is 1. The molecular formula is C12H20N4OS. The SMILES string of the molecule is CC(=O)N1CCN(Cc2cnc(N)s2)C(C)(C)C1. The highest BCUT2D eigenvalue weighted by Gasteiger charge is 2.34. The average Bonchev–Trinajstić information content (AvgIpc) is 2.66. The highest BCUT2D eigenvalue weighted by molar-refractivity contribution is 7.15. The van der Waals surface area contributed by atoms with E-state index < -0.39 is 0 Å². The summed E-state index contributed by atoms with van der Waals surface area (Å²) in [4.78, 5) is 21.0. The van der Waals surface area contributed by atoms with E-state index in [1.165, 1.54) is 16.2 Å². The zero-order chi connectivity index (χ0) is 13.3. The standard InChI is InChI=1S/C12H20N4OS/c1-9(17)15-4-5-16(12(2,3)8-15)7-10-6-14-11(13)18-10/h6H,4-5,7-8H2,1-3H3,(H2,13,14). The number of nitrogens with zero attached hydrogens (tertiary/aromatic N) is 3. The van der Waals surface area contributed by atoms with E-state index in [-0.39, 0.29) is 11.4 Å². The van der Waals surface area contributed by atoms with Crippen LogP contribution in [0.3, 0.4) is 0 Å². The molecule has 1 aliphatic rings. The molecule has 18 heavy (non-hydrogen) atoms. The van der Waals surface area contributed by atoms with Crippen molar-refractivity contribution in [1.82, 2.24) is 14.8 Å². The first-order valence-electron chi connectivity index (χ1n) is 6.09. The third-order valence-corrected chi connectivity index (χ3v) is 4.25. The number of carbonyl (C=O) groups excluding carboxylic acids is 1. The van der Waals surface area contributed by atoms with E-state index >= 15 is 0 Å². The van der Waals surface area contributed by atoms with Gasteiger partial charge in [-0.15, -0.1) is 11.3 Å². The van der Waals surface area contributed by atoms with Gasteiger partial charge in [0.15, 0.2) is 5.13 Å². The molecule has 1 aromatic heterocycles. The molecule has 5 nitrogen and oxygen atoms in total. The van der Waals surface area contributed by atoms with Crippen LogP contribution >= 0.6 is 11.3 Å². The lowest BCUT2D eigenvalue weighted by Gasteiger charge is -2.46. The van der Waals surface area contributed by atoms with Gasteiger partial charge in [0.2, 0.25) is 5.91 Å². The van der Waals surface area contributed by atoms with Gasteiger partial charge in [-0.1, -0.05) is 0 Å². The summed E-state index contributed by atoms with van der Waals surface area (Å²) < 4.78 is 0. The predicted octanol–water partition coefficient (Wildman–Crippen LogP) is 1.17. The molecule has 0 unspecified atom stereocenters. The fourth-order valence-electron chi connectivity index (χ4n) is 2.34. The number of piperazine rings is 1. The quantitative estimate of drug-likeness (QED) is 0.874. The van der Waals surface area contributed by atoms with Crippen LogP contribution in [0.25, 0.3) is 0 Å². The number of hydrogen-bond donors (Lipinski definition) is 1. The van der Waals surface area contributed by atoms with Gasteiger partial charge in [0.25, 0.3) is 0 Å². The summed E-state index contributed by atoms with van der Waals surface area (Å²) in [5, 5.41) is 0.616. The van der Waals surface area contributed by atoms with Gasteiger partial charge in [-0.05, 0) is 13.8 Å². The van der Waals surface area contributed by atoms with E-state index in [0.717, 1.165) is 26.2 Å². The van der Waals surface area contributed by atoms with Crippen molar-refractivity contribution in [1.29, 1.82) is 0 Å². The van der Waals surface area contributed by atoms with Gasteiger partial charge in [0.05, 0.1) is 0 Å². The van der Waals surface area contributed by atoms with Crippen LogP contribution in [0.1, 0.15) is 25.6 Å². The van der Waals surface area contributed by atoms with Crippen molar-refractivity contribution >= 4 is 22.4 Å². The number of thiazole rings is 1. The average molecular weight is 268 g/mol. The number of hydrogen-bond acceptors (Lipinski definition) is 5. The normalized spacial score (nSPS) is 20.1. The molecule has 1 fully saturated rings. The Morgan fingerprint density at radius 3 is 2.78 bits per heavy atom. The zero-order valence-electron chi connectivity index (χ0n) is 11.1. The van der Waals surface area contributed by atoms with Crippen LogP contribution in [-0.2, 0) is 11.3 Å². The topological polar surface area (TPSA) is 62.5 Å². The zero-order valence-corrected chi connectivity index (χ0v) is 12.0. The van der Waals surface area contributed by atoms with Crippen LogP contribution in [0.15, 0.2) is 6.20 Å². The van der Waals surface area contributed by atoms with Crippen LogP contribution in [0.5, 0.6) is 0 Å². The second kappa shape index (κ2) is 4.85. The second-order valence-corrected chi connectivity index (χ2v) is 6.49. The monoisotopic (exact) mass is 268 g/mol. The minimum atomic E-state index is -0.0112. The molecule has 0 aliphatic carbocycles. The first-order valence-corrected chi connectivity index (χ1v) is 6.91. The predicted molar refractivity (Wildman–Crippen MR) is 73.3 cm³/mol. The lowest BCUT2D eigenvalue weighted by molar-refractivity contribution is -0.134. The maximum atomic E-state index is 11.4. The van der Waals surface area contributed by atoms with Crippen molar-refractivity contribution in [3.05, 3.63) is 11.1 Å². The Morgan fingerprint density at radius 2 is 2.28 bits per heavy atom. The number of nitrogens with two attached hydrogens (primary N) is 1. The van der Waals surface area contributed by atoms with E-state index in [2.05, 4.69) is 23.7 Å². The highest BCUT2D eigenvalue weighted by atomic mass is 32.1. The van der Waals surface area contributed by atoms with Gasteiger partial charge >= 0.3 is 0 Å². The first-order chi connectivity index (χ1) is 8.38. The Labute approximate surface area is 112 Å². The van der Waals surface area contributed by atoms with Crippen molar-refractivity contribution in [3.63, 3.8) is 0 Å². The third-order valence-electron chi connectivity index (χ3n) is 3.44. The molecule has 0 spiro atoms. The number of aromatic nitrogens is 1. The molecule has 1 amide bonds. The molecule has 0 aromatic carbocycles. The summed E-state index contributed by atoms with van der Waals surface area (Å²) in [6.07, 6.45) is 1.84. The number of nitrogen functional groups attached to an aromatic ring is 1. The van der Waals surface area contributed by atoms with E-state index in [4.69, 9.17) is 5.73 Å². The van der Waals surface area contributed by atoms with Gasteiger partial charge in [-0.25, -0.2) is 4.98 Å². The van der Waals surface area contributed by atoms with Gasteiger partial charge in [0, 0.05) is 49.7 Å². The van der Waals surface area contributed by atoms with Crippen LogP contribution in [0.4, 0.5) is 5.13 Å². The minimum Gasteiger partial charge on any atom is -0.375 e. The van der Waals surface area contributed by atoms with Gasteiger partial charge in [-0.2, -0.15) is 0 Å². The fraction of sp³-hybridized carbons (Fsp3) is 0.667. The van der Waals surface area contributed by atoms with Crippen molar-refractivity contribution < 1.29 is 4.79 Å². The van der Waals surface area contributed by atoms with E-state index in [9.17, 15) is 4.79 Å². The lowest BCUT2D eigenvalue weighted by atomic mass is 9.98. The number of carbonyl (C=O) groups is 1. The van der Waals surface area contributed by atoms with E-state index in [1.807, 2.05) is 11.1 Å². The molecule has 2 rings (SSSR count). The van der Waals surface area contributed by atoms with Crippen molar-refractivity contribution in [2.24, 2.45) is 0 Å². The Balaban J connectivity index is 2.04. The minimum absolute atomic E-state index is 0.0112. The fourth-order valence-corrected chi connectivity index (χ4v) is 3.04. The van der Waals surface area contributed by atoms with Gasteiger partial charge in [-0.3, -0.25) is 9.69 Å². The molecule has 2 N–H and O–H groups in total. The van der Waals surface area contributed by atoms with Crippen LogP contribution in [-0.4, -0.2) is 45.9 Å². The van der Waals surface area contributed by atoms with Crippen LogP contribution in [0.2, 0.25) is 0 Å². The van der Waals surface area contributed by atoms with E-state index in [0.29, 0.717) is 5.13 Å². The van der Waals surface area contributed by atoms with Crippen molar-refractivity contribution in [3.8, 4) is 0 Å². The van der Waals surface area contributed by atoms with Crippen molar-refractivity contribution in [2.75, 3.05) is 25.4 Å². The molecule has 1 aromatic rings. The summed E-state index contributed by atoms with van der Waals surface area (Å²) in [7, 11) is 0. The molecule has 100 valence electrons. The molecule has 0 radical (unpaired) electrons. The summed E-state index contributed by atoms with van der Waals surface area (Å²) in [5.41, 5.74) is 5.64. The molecule has 2 heterocycles. The van der Waals surface area contributed by atoms with Gasteiger partial charge in [0.1, 0.15) is 0 Å². The summed E-state index contributed by atoms with van der Waals surface area (Å²) in [5.74, 6) is 0.157. The Kier molecular flexibility index (Phi) is 3.59. The second-order valence-electron chi connectivity index (χ2n) is 5.34. The largest absolute Gasteiger partial charge is 0.375 e. The summed E-state index contributed by atoms with van der Waals surface area (Å²) in [6, 6.07) is 0. The Hall–Kier alpha value is -1.14. The molecule has 1 aliphatic heterocycles. The Morgan fingerprint density at radius 1 is 1.56 bits per heavy atom. The Bertz CT molecular complexity index is 443.